The summed E-state index contributed by atoms with van der Waals surface area (Å²) in [5.41, 5.74) is 10.5. The molecule has 3 aliphatic rings. The van der Waals surface area contributed by atoms with E-state index in [1.165, 1.54) is 53.5 Å². The zero-order valence-electron chi connectivity index (χ0n) is 18.3. The molecular formula is C30H29NO. The molecule has 1 aliphatic heterocycles. The summed E-state index contributed by atoms with van der Waals surface area (Å²) >= 11 is 0. The van der Waals surface area contributed by atoms with Crippen LogP contribution in [0.5, 0.6) is 5.75 Å². The second-order valence-electron chi connectivity index (χ2n) is 8.69. The molecule has 0 radical (unpaired) electrons. The average molecular weight is 420 g/mol. The van der Waals surface area contributed by atoms with Crippen LogP contribution in [-0.4, -0.2) is 5.11 Å². The maximum Gasteiger partial charge on any atom is 0.115 e. The Morgan fingerprint density at radius 1 is 0.656 bits per heavy atom. The maximum atomic E-state index is 9.53. The van der Waals surface area contributed by atoms with Gasteiger partial charge in [0.15, 0.2) is 0 Å². The molecule has 0 fully saturated rings. The Balaban J connectivity index is 0.000000265. The Labute approximate surface area is 190 Å². The fraction of sp³-hybridized carbons (Fsp3) is 0.200. The van der Waals surface area contributed by atoms with Crippen LogP contribution in [0.25, 0.3) is 11.1 Å². The van der Waals surface area contributed by atoms with Gasteiger partial charge in [0.05, 0.1) is 0 Å². The van der Waals surface area contributed by atoms with Gasteiger partial charge in [-0.3, -0.25) is 0 Å². The van der Waals surface area contributed by atoms with Crippen molar-refractivity contribution in [2.45, 2.75) is 38.0 Å². The molecule has 6 rings (SSSR count). The Kier molecular flexibility index (Phi) is 5.93. The molecule has 3 aromatic rings. The van der Waals surface area contributed by atoms with Crippen LogP contribution in [0.1, 0.15) is 40.2 Å². The van der Waals surface area contributed by atoms with Gasteiger partial charge in [-0.2, -0.15) is 0 Å². The average Bonchev–Trinajstić information content (AvgIpc) is 3.17. The molecule has 1 unspecified atom stereocenters. The van der Waals surface area contributed by atoms with E-state index in [1.54, 1.807) is 11.1 Å². The summed E-state index contributed by atoms with van der Waals surface area (Å²) in [6, 6.07) is 21.4. The van der Waals surface area contributed by atoms with Gasteiger partial charge in [-0.25, -0.2) is 0 Å². The summed E-state index contributed by atoms with van der Waals surface area (Å²) in [5, 5.41) is 12.4. The molecule has 2 nitrogen and oxygen atoms in total. The normalized spacial score (nSPS) is 17.7. The number of allylic oxidation sites excluding steroid dienone is 4. The molecule has 3 aromatic carbocycles. The number of aryl methyl sites for hydroxylation is 1. The quantitative estimate of drug-likeness (QED) is 0.465. The zero-order chi connectivity index (χ0) is 21.8. The van der Waals surface area contributed by atoms with Crippen molar-refractivity contribution >= 4 is 0 Å². The molecule has 2 aliphatic carbocycles. The summed E-state index contributed by atoms with van der Waals surface area (Å²) in [7, 11) is 0. The summed E-state index contributed by atoms with van der Waals surface area (Å²) in [4.78, 5) is 0. The van der Waals surface area contributed by atoms with Crippen LogP contribution in [0.3, 0.4) is 0 Å². The number of nitrogens with one attached hydrogen (secondary N) is 1. The van der Waals surface area contributed by atoms with Crippen molar-refractivity contribution in [3.05, 3.63) is 125 Å². The lowest BCUT2D eigenvalue weighted by Crippen LogP contribution is -2.17. The van der Waals surface area contributed by atoms with Crippen molar-refractivity contribution in [3.63, 3.8) is 0 Å². The SMILES string of the molecule is C1=CC=CNC=C1.Oc1ccc(C2CCc3c(ccc4c3CCc3ccccc3-4)C2)cc1. The van der Waals surface area contributed by atoms with E-state index in [-0.39, 0.29) is 0 Å². The highest BCUT2D eigenvalue weighted by molar-refractivity contribution is 5.75. The zero-order valence-corrected chi connectivity index (χ0v) is 18.3. The van der Waals surface area contributed by atoms with Gasteiger partial charge in [0.2, 0.25) is 0 Å². The minimum atomic E-state index is 0.354. The topological polar surface area (TPSA) is 32.3 Å². The van der Waals surface area contributed by atoms with Crippen LogP contribution in [0.15, 0.2) is 97.4 Å². The number of hydrogen-bond acceptors (Lipinski definition) is 2. The molecule has 160 valence electrons. The molecule has 0 spiro atoms. The lowest BCUT2D eigenvalue weighted by Gasteiger charge is -2.30. The van der Waals surface area contributed by atoms with Crippen LogP contribution in [0, 0.1) is 0 Å². The van der Waals surface area contributed by atoms with Gasteiger partial charge in [0.1, 0.15) is 5.75 Å². The van der Waals surface area contributed by atoms with E-state index in [0.717, 1.165) is 6.42 Å². The summed E-state index contributed by atoms with van der Waals surface area (Å²) in [6.45, 7) is 0. The van der Waals surface area contributed by atoms with E-state index in [0.29, 0.717) is 11.7 Å². The number of hydrogen-bond donors (Lipinski definition) is 2. The third-order valence-corrected chi connectivity index (χ3v) is 6.77. The summed E-state index contributed by atoms with van der Waals surface area (Å²) < 4.78 is 0. The van der Waals surface area contributed by atoms with Crippen molar-refractivity contribution in [1.82, 2.24) is 5.32 Å². The van der Waals surface area contributed by atoms with E-state index < -0.39 is 0 Å². The second kappa shape index (κ2) is 9.32. The minimum Gasteiger partial charge on any atom is -0.508 e. The maximum absolute atomic E-state index is 9.53. The number of phenols is 1. The lowest BCUT2D eigenvalue weighted by molar-refractivity contribution is 0.474. The van der Waals surface area contributed by atoms with Gasteiger partial charge in [-0.1, -0.05) is 60.7 Å². The van der Waals surface area contributed by atoms with Gasteiger partial charge >= 0.3 is 0 Å². The summed E-state index contributed by atoms with van der Waals surface area (Å²) in [5.74, 6) is 0.926. The van der Waals surface area contributed by atoms with Gasteiger partial charge in [0, 0.05) is 12.4 Å². The highest BCUT2D eigenvalue weighted by atomic mass is 16.3. The first-order chi connectivity index (χ1) is 15.8. The van der Waals surface area contributed by atoms with Crippen LogP contribution in [-0.2, 0) is 25.7 Å². The van der Waals surface area contributed by atoms with Crippen LogP contribution >= 0.6 is 0 Å². The summed E-state index contributed by atoms with van der Waals surface area (Å²) in [6.07, 6.45) is 17.4. The van der Waals surface area contributed by atoms with Gasteiger partial charge in [0.25, 0.3) is 0 Å². The van der Waals surface area contributed by atoms with E-state index in [1.807, 2.05) is 48.8 Å². The van der Waals surface area contributed by atoms with Crippen molar-refractivity contribution in [2.24, 2.45) is 0 Å². The number of benzene rings is 3. The minimum absolute atomic E-state index is 0.354. The molecule has 0 saturated heterocycles. The van der Waals surface area contributed by atoms with E-state index in [4.69, 9.17) is 0 Å². The number of aromatic hydroxyl groups is 1. The molecule has 0 aromatic heterocycles. The Bertz CT molecular complexity index is 1170. The number of rotatable bonds is 1. The fourth-order valence-electron chi connectivity index (χ4n) is 5.17. The van der Waals surface area contributed by atoms with Crippen molar-refractivity contribution in [3.8, 4) is 16.9 Å². The molecule has 1 atom stereocenters. The predicted molar refractivity (Wildman–Crippen MR) is 133 cm³/mol. The van der Waals surface area contributed by atoms with E-state index in [2.05, 4.69) is 53.8 Å². The second-order valence-corrected chi connectivity index (χ2v) is 8.69. The van der Waals surface area contributed by atoms with E-state index in [9.17, 15) is 5.11 Å². The van der Waals surface area contributed by atoms with Gasteiger partial charge in [-0.05, 0) is 101 Å². The molecule has 32 heavy (non-hydrogen) atoms. The van der Waals surface area contributed by atoms with Crippen LogP contribution in [0.2, 0.25) is 0 Å². The van der Waals surface area contributed by atoms with Crippen molar-refractivity contribution in [1.29, 1.82) is 0 Å². The monoisotopic (exact) mass is 419 g/mol. The molecule has 2 heteroatoms. The molecule has 0 saturated carbocycles. The predicted octanol–water partition coefficient (Wildman–Crippen LogP) is 6.60. The highest BCUT2D eigenvalue weighted by Gasteiger charge is 2.26. The Morgan fingerprint density at radius 2 is 1.44 bits per heavy atom. The standard InChI is InChI=1S/C24H22O.C6H7N/c25-20-10-5-16(6-11-20)18-8-12-22-19(15-18)9-14-23-21-4-2-1-3-17(21)7-13-24(22)23;1-2-4-6-7-5-3-1/h1-6,9-11,14,18,25H,7-8,12-13,15H2;1-7H. The Hall–Kier alpha value is -3.52. The fourth-order valence-corrected chi connectivity index (χ4v) is 5.17. The first-order valence-electron chi connectivity index (χ1n) is 11.5. The molecular weight excluding hydrogens is 390 g/mol. The van der Waals surface area contributed by atoms with Crippen LogP contribution < -0.4 is 5.32 Å². The van der Waals surface area contributed by atoms with Crippen molar-refractivity contribution < 1.29 is 5.11 Å². The van der Waals surface area contributed by atoms with Crippen LogP contribution in [0.4, 0.5) is 0 Å². The van der Waals surface area contributed by atoms with E-state index >= 15 is 0 Å². The molecule has 1 heterocycles. The molecule has 0 bridgehead atoms. The third-order valence-electron chi connectivity index (χ3n) is 6.77. The van der Waals surface area contributed by atoms with Gasteiger partial charge < -0.3 is 10.4 Å². The largest absolute Gasteiger partial charge is 0.508 e. The Morgan fingerprint density at radius 3 is 2.25 bits per heavy atom. The lowest BCUT2D eigenvalue weighted by atomic mass is 9.74. The smallest absolute Gasteiger partial charge is 0.115 e. The van der Waals surface area contributed by atoms with Gasteiger partial charge in [-0.15, -0.1) is 0 Å². The molecule has 2 N–H and O–H groups in total. The first kappa shape index (κ1) is 20.4. The number of phenolic OH excluding ortho intramolecular Hbond substituents is 1. The third kappa shape index (κ3) is 4.27. The number of fused-ring (bicyclic) bond motifs is 5. The molecule has 0 amide bonds. The van der Waals surface area contributed by atoms with Crippen molar-refractivity contribution in [2.75, 3.05) is 0 Å². The highest BCUT2D eigenvalue weighted by Crippen LogP contribution is 2.41. The first-order valence-corrected chi connectivity index (χ1v) is 11.5.